The third-order valence-corrected chi connectivity index (χ3v) is 3.60. The van der Waals surface area contributed by atoms with E-state index in [1.165, 1.54) is 0 Å². The number of nitrogens with one attached hydrogen (secondary N) is 3. The lowest BCUT2D eigenvalue weighted by atomic mass is 10.2. The van der Waals surface area contributed by atoms with Crippen LogP contribution in [0.5, 0.6) is 0 Å². The third kappa shape index (κ3) is 6.39. The van der Waals surface area contributed by atoms with Crippen molar-refractivity contribution < 1.29 is 4.79 Å². The van der Waals surface area contributed by atoms with E-state index in [0.29, 0.717) is 0 Å². The Morgan fingerprint density at radius 2 is 1.41 bits per heavy atom. The average molecular weight is 302 g/mol. The van der Waals surface area contributed by atoms with Crippen molar-refractivity contribution >= 4 is 12.0 Å². The van der Waals surface area contributed by atoms with Crippen LogP contribution in [0.15, 0.2) is 36.4 Å². The second-order valence-corrected chi connectivity index (χ2v) is 5.32. The van der Waals surface area contributed by atoms with Gasteiger partial charge in [0.1, 0.15) is 0 Å². The number of piperazine rings is 2. The molecule has 2 fully saturated rings. The van der Waals surface area contributed by atoms with Crippen LogP contribution in [-0.4, -0.2) is 63.2 Å². The molecule has 1 aromatic rings. The lowest BCUT2D eigenvalue weighted by molar-refractivity contribution is -0.126. The van der Waals surface area contributed by atoms with Gasteiger partial charge in [0, 0.05) is 58.4 Å². The van der Waals surface area contributed by atoms with Gasteiger partial charge in [-0.05, 0) is 11.6 Å². The Bertz CT molecular complexity index is 439. The van der Waals surface area contributed by atoms with Gasteiger partial charge in [-0.3, -0.25) is 4.79 Å². The molecule has 2 aliphatic rings. The van der Waals surface area contributed by atoms with E-state index >= 15 is 0 Å². The first-order chi connectivity index (χ1) is 10.9. The summed E-state index contributed by atoms with van der Waals surface area (Å²) in [6, 6.07) is 9.88. The molecule has 2 aliphatic heterocycles. The molecule has 2 heterocycles. The molecule has 0 spiro atoms. The zero-order chi connectivity index (χ0) is 15.5. The van der Waals surface area contributed by atoms with Crippen molar-refractivity contribution in [2.45, 2.75) is 0 Å². The first kappa shape index (κ1) is 16.7. The predicted octanol–water partition coefficient (Wildman–Crippen LogP) is 0.311. The summed E-state index contributed by atoms with van der Waals surface area (Å²) in [4.78, 5) is 13.7. The molecule has 1 amide bonds. The van der Waals surface area contributed by atoms with E-state index in [2.05, 4.69) is 16.0 Å². The number of carbonyl (C=O) groups excluding carboxylic acids is 1. The molecule has 1 aromatic carbocycles. The molecule has 5 heteroatoms. The largest absolute Gasteiger partial charge is 0.337 e. The van der Waals surface area contributed by atoms with Crippen LogP contribution in [0.4, 0.5) is 0 Å². The highest BCUT2D eigenvalue weighted by molar-refractivity contribution is 5.91. The van der Waals surface area contributed by atoms with Crippen LogP contribution in [0.3, 0.4) is 0 Å². The Morgan fingerprint density at radius 1 is 0.864 bits per heavy atom. The average Bonchev–Trinajstić information content (AvgIpc) is 2.63. The molecule has 0 aromatic heterocycles. The molecule has 0 saturated carbocycles. The van der Waals surface area contributed by atoms with E-state index in [-0.39, 0.29) is 5.91 Å². The fourth-order valence-electron chi connectivity index (χ4n) is 2.33. The van der Waals surface area contributed by atoms with Crippen LogP contribution in [0, 0.1) is 0 Å². The van der Waals surface area contributed by atoms with E-state index < -0.39 is 0 Å². The quantitative estimate of drug-likeness (QED) is 0.688. The minimum atomic E-state index is 0.102. The molecule has 0 unspecified atom stereocenters. The zero-order valence-electron chi connectivity index (χ0n) is 13.1. The molecule has 0 bridgehead atoms. The lowest BCUT2D eigenvalue weighted by Gasteiger charge is -2.26. The van der Waals surface area contributed by atoms with Crippen molar-refractivity contribution in [3.05, 3.63) is 42.0 Å². The van der Waals surface area contributed by atoms with Gasteiger partial charge in [-0.25, -0.2) is 0 Å². The SMILES string of the molecule is C1CNCCN1.O=C(C=Cc1ccccc1)N1CCNCC1. The highest BCUT2D eigenvalue weighted by atomic mass is 16.2. The molecule has 3 N–H and O–H groups in total. The monoisotopic (exact) mass is 302 g/mol. The van der Waals surface area contributed by atoms with Crippen molar-refractivity contribution in [2.75, 3.05) is 52.4 Å². The minimum absolute atomic E-state index is 0.102. The van der Waals surface area contributed by atoms with Crippen LogP contribution in [0.1, 0.15) is 5.56 Å². The van der Waals surface area contributed by atoms with Crippen molar-refractivity contribution in [3.63, 3.8) is 0 Å². The predicted molar refractivity (Wildman–Crippen MR) is 90.7 cm³/mol. The van der Waals surface area contributed by atoms with Crippen molar-refractivity contribution in [1.82, 2.24) is 20.9 Å². The maximum Gasteiger partial charge on any atom is 0.246 e. The van der Waals surface area contributed by atoms with Gasteiger partial charge < -0.3 is 20.9 Å². The second-order valence-electron chi connectivity index (χ2n) is 5.32. The molecule has 0 atom stereocenters. The highest BCUT2D eigenvalue weighted by Crippen LogP contribution is 2.02. The number of nitrogens with zero attached hydrogens (tertiary/aromatic N) is 1. The summed E-state index contributed by atoms with van der Waals surface area (Å²) < 4.78 is 0. The van der Waals surface area contributed by atoms with E-state index in [1.54, 1.807) is 6.08 Å². The molecule has 5 nitrogen and oxygen atoms in total. The number of benzene rings is 1. The molecule has 0 aliphatic carbocycles. The number of rotatable bonds is 2. The summed E-state index contributed by atoms with van der Waals surface area (Å²) in [7, 11) is 0. The van der Waals surface area contributed by atoms with Gasteiger partial charge in [0.2, 0.25) is 5.91 Å². The van der Waals surface area contributed by atoms with Crippen molar-refractivity contribution in [1.29, 1.82) is 0 Å². The molecule has 2 saturated heterocycles. The molecule has 3 rings (SSSR count). The maximum atomic E-state index is 11.8. The van der Waals surface area contributed by atoms with Crippen LogP contribution >= 0.6 is 0 Å². The van der Waals surface area contributed by atoms with E-state index in [4.69, 9.17) is 0 Å². The topological polar surface area (TPSA) is 56.4 Å². The van der Waals surface area contributed by atoms with Crippen LogP contribution in [-0.2, 0) is 4.79 Å². The third-order valence-electron chi connectivity index (χ3n) is 3.60. The number of hydrogen-bond donors (Lipinski definition) is 3. The molecule has 0 radical (unpaired) electrons. The maximum absolute atomic E-state index is 11.8. The fraction of sp³-hybridized carbons (Fsp3) is 0.471. The molecule has 120 valence electrons. The standard InChI is InChI=1S/C13H16N2O.C4H10N2/c16-13(15-10-8-14-9-11-15)7-6-12-4-2-1-3-5-12;1-2-6-4-3-5-1/h1-7,14H,8-11H2;5-6H,1-4H2. The van der Waals surface area contributed by atoms with Crippen LogP contribution in [0.2, 0.25) is 0 Å². The Labute approximate surface area is 132 Å². The van der Waals surface area contributed by atoms with Gasteiger partial charge in [0.05, 0.1) is 0 Å². The van der Waals surface area contributed by atoms with Gasteiger partial charge in [-0.2, -0.15) is 0 Å². The van der Waals surface area contributed by atoms with Gasteiger partial charge in [-0.15, -0.1) is 0 Å². The van der Waals surface area contributed by atoms with Gasteiger partial charge in [0.15, 0.2) is 0 Å². The highest BCUT2D eigenvalue weighted by Gasteiger charge is 2.12. The summed E-state index contributed by atoms with van der Waals surface area (Å²) in [6.07, 6.45) is 3.52. The van der Waals surface area contributed by atoms with Crippen LogP contribution in [0.25, 0.3) is 6.08 Å². The molecule has 22 heavy (non-hydrogen) atoms. The van der Waals surface area contributed by atoms with Gasteiger partial charge in [-0.1, -0.05) is 30.3 Å². The summed E-state index contributed by atoms with van der Waals surface area (Å²) in [5.74, 6) is 0.102. The van der Waals surface area contributed by atoms with Crippen molar-refractivity contribution in [3.8, 4) is 0 Å². The van der Waals surface area contributed by atoms with Gasteiger partial charge in [0.25, 0.3) is 0 Å². The number of carbonyl (C=O) groups is 1. The van der Waals surface area contributed by atoms with E-state index in [9.17, 15) is 4.79 Å². The number of hydrogen-bond acceptors (Lipinski definition) is 4. The summed E-state index contributed by atoms with van der Waals surface area (Å²) in [5.41, 5.74) is 1.06. The Hall–Kier alpha value is -1.69. The molecular formula is C17H26N4O. The normalized spacial score (nSPS) is 18.6. The number of amides is 1. The first-order valence-corrected chi connectivity index (χ1v) is 8.00. The zero-order valence-corrected chi connectivity index (χ0v) is 13.1. The molecular weight excluding hydrogens is 276 g/mol. The summed E-state index contributed by atoms with van der Waals surface area (Å²) >= 11 is 0. The summed E-state index contributed by atoms with van der Waals surface area (Å²) in [6.45, 7) is 7.95. The lowest BCUT2D eigenvalue weighted by Crippen LogP contribution is -2.45. The van der Waals surface area contributed by atoms with Crippen LogP contribution < -0.4 is 16.0 Å². The Morgan fingerprint density at radius 3 is 1.95 bits per heavy atom. The Kier molecular flexibility index (Phi) is 7.66. The first-order valence-electron chi connectivity index (χ1n) is 8.00. The van der Waals surface area contributed by atoms with Gasteiger partial charge >= 0.3 is 0 Å². The van der Waals surface area contributed by atoms with E-state index in [0.717, 1.165) is 57.9 Å². The smallest absolute Gasteiger partial charge is 0.246 e. The minimum Gasteiger partial charge on any atom is -0.337 e. The van der Waals surface area contributed by atoms with Crippen molar-refractivity contribution in [2.24, 2.45) is 0 Å². The second kappa shape index (κ2) is 10.1. The summed E-state index contributed by atoms with van der Waals surface area (Å²) in [5, 5.41) is 9.67. The fourth-order valence-corrected chi connectivity index (χ4v) is 2.33. The van der Waals surface area contributed by atoms with E-state index in [1.807, 2.05) is 41.3 Å². The Balaban J connectivity index is 0.000000246.